The van der Waals surface area contributed by atoms with Crippen LogP contribution in [-0.4, -0.2) is 13.1 Å². The van der Waals surface area contributed by atoms with E-state index >= 15 is 0 Å². The van der Waals surface area contributed by atoms with Crippen LogP contribution in [-0.2, 0) is 24.4 Å². The van der Waals surface area contributed by atoms with Crippen molar-refractivity contribution in [1.29, 1.82) is 0 Å². The number of rotatable bonds is 9. The molecule has 166 valence electrons. The summed E-state index contributed by atoms with van der Waals surface area (Å²) in [6, 6.07) is 33.0. The average Bonchev–Trinajstić information content (AvgIpc) is 2.88. The van der Waals surface area contributed by atoms with Crippen LogP contribution in [0.25, 0.3) is 0 Å². The van der Waals surface area contributed by atoms with Crippen molar-refractivity contribution >= 4 is 5.97 Å². The molecule has 0 fully saturated rings. The molecule has 4 nitrogen and oxygen atoms in total. The number of ether oxygens (including phenoxy) is 3. The zero-order valence-electron chi connectivity index (χ0n) is 18.6. The first-order valence-electron chi connectivity index (χ1n) is 10.9. The molecule has 0 aromatic heterocycles. The Bertz CT molecular complexity index is 1170. The zero-order chi connectivity index (χ0) is 22.9. The molecule has 0 radical (unpaired) electrons. The Hall–Kier alpha value is -4.05. The second-order valence-electron chi connectivity index (χ2n) is 7.64. The third-order valence-corrected chi connectivity index (χ3v) is 5.34. The van der Waals surface area contributed by atoms with Gasteiger partial charge in [0.25, 0.3) is 0 Å². The van der Waals surface area contributed by atoms with Crippen LogP contribution in [0.3, 0.4) is 0 Å². The molecule has 0 spiro atoms. The first kappa shape index (κ1) is 22.2. The normalized spacial score (nSPS) is 10.5. The van der Waals surface area contributed by atoms with Gasteiger partial charge in [0.05, 0.1) is 12.7 Å². The van der Waals surface area contributed by atoms with Crippen molar-refractivity contribution in [3.8, 4) is 11.5 Å². The maximum Gasteiger partial charge on any atom is 0.338 e. The quantitative estimate of drug-likeness (QED) is 0.291. The lowest BCUT2D eigenvalue weighted by molar-refractivity contribution is 0.0471. The molecule has 0 N–H and O–H groups in total. The minimum atomic E-state index is -0.373. The number of methoxy groups -OCH3 is 1. The molecule has 4 aromatic rings. The molecular weight excluding hydrogens is 412 g/mol. The number of hydrogen-bond donors (Lipinski definition) is 0. The molecule has 33 heavy (non-hydrogen) atoms. The fourth-order valence-corrected chi connectivity index (χ4v) is 3.56. The Morgan fingerprint density at radius 2 is 1.30 bits per heavy atom. The van der Waals surface area contributed by atoms with Crippen LogP contribution in [0.2, 0.25) is 0 Å². The van der Waals surface area contributed by atoms with Gasteiger partial charge >= 0.3 is 5.97 Å². The van der Waals surface area contributed by atoms with Gasteiger partial charge in [0.2, 0.25) is 0 Å². The molecule has 0 aliphatic carbocycles. The summed E-state index contributed by atoms with van der Waals surface area (Å²) in [5, 5.41) is 0. The summed E-state index contributed by atoms with van der Waals surface area (Å²) < 4.78 is 17.0. The van der Waals surface area contributed by atoms with Crippen molar-refractivity contribution in [2.45, 2.75) is 19.6 Å². The molecule has 4 heteroatoms. The standard InChI is InChI=1S/C29H26O4/c1-31-25-17-15-24(16-18-25)21-33-29(30)26-13-8-14-28(32-20-23-11-6-3-7-12-23)27(26)19-22-9-4-2-5-10-22/h2-18H,19-21H2,1H3. The van der Waals surface area contributed by atoms with Crippen LogP contribution < -0.4 is 9.47 Å². The van der Waals surface area contributed by atoms with E-state index in [0.717, 1.165) is 28.0 Å². The smallest absolute Gasteiger partial charge is 0.338 e. The van der Waals surface area contributed by atoms with Gasteiger partial charge in [0.15, 0.2) is 0 Å². The first-order chi connectivity index (χ1) is 16.2. The molecule has 0 heterocycles. The number of benzene rings is 4. The van der Waals surface area contributed by atoms with Crippen molar-refractivity contribution in [1.82, 2.24) is 0 Å². The highest BCUT2D eigenvalue weighted by atomic mass is 16.5. The van der Waals surface area contributed by atoms with E-state index in [1.807, 2.05) is 97.1 Å². The van der Waals surface area contributed by atoms with Gasteiger partial charge < -0.3 is 14.2 Å². The Kier molecular flexibility index (Phi) is 7.39. The van der Waals surface area contributed by atoms with E-state index in [4.69, 9.17) is 14.2 Å². The number of carbonyl (C=O) groups is 1. The predicted molar refractivity (Wildman–Crippen MR) is 129 cm³/mol. The second-order valence-corrected chi connectivity index (χ2v) is 7.64. The van der Waals surface area contributed by atoms with Gasteiger partial charge in [0.1, 0.15) is 24.7 Å². The summed E-state index contributed by atoms with van der Waals surface area (Å²) in [5.74, 6) is 1.07. The lowest BCUT2D eigenvalue weighted by atomic mass is 9.98. The van der Waals surface area contributed by atoms with Crippen molar-refractivity contribution in [2.24, 2.45) is 0 Å². The topological polar surface area (TPSA) is 44.8 Å². The van der Waals surface area contributed by atoms with Crippen molar-refractivity contribution < 1.29 is 19.0 Å². The Labute approximate surface area is 194 Å². The van der Waals surface area contributed by atoms with E-state index in [-0.39, 0.29) is 12.6 Å². The van der Waals surface area contributed by atoms with Gasteiger partial charge in [-0.25, -0.2) is 4.79 Å². The van der Waals surface area contributed by atoms with E-state index in [0.29, 0.717) is 24.3 Å². The molecule has 0 bridgehead atoms. The van der Waals surface area contributed by atoms with Crippen LogP contribution in [0.15, 0.2) is 103 Å². The Morgan fingerprint density at radius 3 is 1.97 bits per heavy atom. The fourth-order valence-electron chi connectivity index (χ4n) is 3.56. The van der Waals surface area contributed by atoms with Gasteiger partial charge in [-0.2, -0.15) is 0 Å². The largest absolute Gasteiger partial charge is 0.497 e. The van der Waals surface area contributed by atoms with Crippen molar-refractivity contribution in [2.75, 3.05) is 7.11 Å². The molecule has 0 saturated heterocycles. The van der Waals surface area contributed by atoms with Gasteiger partial charge in [-0.15, -0.1) is 0 Å². The highest BCUT2D eigenvalue weighted by Gasteiger charge is 2.18. The van der Waals surface area contributed by atoms with E-state index in [1.165, 1.54) is 0 Å². The SMILES string of the molecule is COc1ccc(COC(=O)c2cccc(OCc3ccccc3)c2Cc2ccccc2)cc1. The number of carbonyl (C=O) groups excluding carboxylic acids is 1. The monoisotopic (exact) mass is 438 g/mol. The van der Waals surface area contributed by atoms with Crippen LogP contribution in [0.4, 0.5) is 0 Å². The van der Waals surface area contributed by atoms with E-state index in [9.17, 15) is 4.79 Å². The summed E-state index contributed by atoms with van der Waals surface area (Å²) in [5.41, 5.74) is 4.38. The first-order valence-corrected chi connectivity index (χ1v) is 10.9. The third kappa shape index (κ3) is 6.01. The van der Waals surface area contributed by atoms with Gasteiger partial charge in [-0.3, -0.25) is 0 Å². The van der Waals surface area contributed by atoms with Crippen LogP contribution in [0.1, 0.15) is 32.6 Å². The Morgan fingerprint density at radius 1 is 0.667 bits per heavy atom. The summed E-state index contributed by atoms with van der Waals surface area (Å²) >= 11 is 0. The molecule has 4 rings (SSSR count). The van der Waals surface area contributed by atoms with Crippen LogP contribution in [0, 0.1) is 0 Å². The molecule has 0 atom stereocenters. The predicted octanol–water partition coefficient (Wildman–Crippen LogP) is 6.22. The highest BCUT2D eigenvalue weighted by Crippen LogP contribution is 2.27. The molecule has 0 amide bonds. The summed E-state index contributed by atoms with van der Waals surface area (Å²) in [6.07, 6.45) is 0.568. The lowest BCUT2D eigenvalue weighted by Crippen LogP contribution is -2.11. The minimum absolute atomic E-state index is 0.183. The van der Waals surface area contributed by atoms with Crippen molar-refractivity contribution in [3.63, 3.8) is 0 Å². The maximum absolute atomic E-state index is 13.1. The van der Waals surface area contributed by atoms with Crippen LogP contribution in [0.5, 0.6) is 11.5 Å². The third-order valence-electron chi connectivity index (χ3n) is 5.34. The summed E-state index contributed by atoms with van der Waals surface area (Å²) in [7, 11) is 1.62. The van der Waals surface area contributed by atoms with E-state index in [1.54, 1.807) is 13.2 Å². The summed E-state index contributed by atoms with van der Waals surface area (Å²) in [6.45, 7) is 0.607. The van der Waals surface area contributed by atoms with Crippen LogP contribution >= 0.6 is 0 Å². The second kappa shape index (κ2) is 11.0. The van der Waals surface area contributed by atoms with Gasteiger partial charge in [-0.05, 0) is 41.0 Å². The molecule has 4 aromatic carbocycles. The van der Waals surface area contributed by atoms with E-state index in [2.05, 4.69) is 0 Å². The number of hydrogen-bond acceptors (Lipinski definition) is 4. The minimum Gasteiger partial charge on any atom is -0.497 e. The molecule has 0 unspecified atom stereocenters. The molecule has 0 saturated carbocycles. The maximum atomic E-state index is 13.1. The average molecular weight is 439 g/mol. The van der Waals surface area contributed by atoms with Gasteiger partial charge in [-0.1, -0.05) is 78.9 Å². The highest BCUT2D eigenvalue weighted by molar-refractivity contribution is 5.92. The van der Waals surface area contributed by atoms with E-state index < -0.39 is 0 Å². The molecular formula is C29H26O4. The fraction of sp³-hybridized carbons (Fsp3) is 0.138. The molecule has 0 aliphatic rings. The zero-order valence-corrected chi connectivity index (χ0v) is 18.6. The van der Waals surface area contributed by atoms with Gasteiger partial charge in [0, 0.05) is 12.0 Å². The molecule has 0 aliphatic heterocycles. The summed E-state index contributed by atoms with van der Waals surface area (Å²) in [4.78, 5) is 13.1. The lowest BCUT2D eigenvalue weighted by Gasteiger charge is -2.16. The van der Waals surface area contributed by atoms with Crippen molar-refractivity contribution in [3.05, 3.63) is 131 Å². The number of esters is 1. The Balaban J connectivity index is 1.56.